The number of carboxylic acids is 1. The molecule has 0 saturated carbocycles. The number of hydrogen-bond donors (Lipinski definition) is 4. The number of phosphoric acid groups is 1. The lowest BCUT2D eigenvalue weighted by Gasteiger charge is -2.18. The minimum Gasteiger partial charge on any atom is -0.480 e. The fraction of sp³-hybridized carbons (Fsp3) is 0.686. The lowest BCUT2D eigenvalue weighted by atomic mass is 10.1. The fourth-order valence-electron chi connectivity index (χ4n) is 4.13. The van der Waals surface area contributed by atoms with Crippen molar-refractivity contribution >= 4 is 25.7 Å². The summed E-state index contributed by atoms with van der Waals surface area (Å²) in [6, 6.07) is -1.55. The summed E-state index contributed by atoms with van der Waals surface area (Å²) in [4.78, 5) is 45.3. The van der Waals surface area contributed by atoms with Gasteiger partial charge in [-0.05, 0) is 51.4 Å². The molecule has 0 aliphatic carbocycles. The highest BCUT2D eigenvalue weighted by atomic mass is 31.2. The molecule has 3 unspecified atom stereocenters. The molecule has 0 heterocycles. The second kappa shape index (κ2) is 30.8. The van der Waals surface area contributed by atoms with Gasteiger partial charge in [0, 0.05) is 12.8 Å². The number of aliphatic hydroxyl groups excluding tert-OH is 1. The van der Waals surface area contributed by atoms with Crippen molar-refractivity contribution in [3.63, 3.8) is 0 Å². The molecule has 11 nitrogen and oxygen atoms in total. The first-order chi connectivity index (χ1) is 22.6. The Kier molecular flexibility index (Phi) is 29.1. The first kappa shape index (κ1) is 44.4. The van der Waals surface area contributed by atoms with Gasteiger partial charge in [0.05, 0.1) is 13.2 Å². The average molecular weight is 686 g/mol. The molecule has 0 radical (unpaired) electrons. The second-order valence-electron chi connectivity index (χ2n) is 11.4. The Hall–Kier alpha value is -2.56. The zero-order valence-electron chi connectivity index (χ0n) is 28.6. The van der Waals surface area contributed by atoms with Crippen molar-refractivity contribution in [3.05, 3.63) is 48.6 Å². The van der Waals surface area contributed by atoms with E-state index < -0.39 is 57.6 Å². The van der Waals surface area contributed by atoms with Crippen molar-refractivity contribution in [1.82, 2.24) is 5.32 Å². The zero-order valence-corrected chi connectivity index (χ0v) is 29.5. The van der Waals surface area contributed by atoms with Crippen LogP contribution < -0.4 is 5.32 Å². The maximum Gasteiger partial charge on any atom is 0.472 e. The molecular weight excluding hydrogens is 625 g/mol. The molecule has 12 heteroatoms. The molecular formula is C35H60NO10P. The minimum absolute atomic E-state index is 0.138. The molecule has 0 aliphatic heterocycles. The molecule has 0 aromatic carbocycles. The third kappa shape index (κ3) is 30.5. The number of rotatable bonds is 31. The molecule has 0 bridgehead atoms. The Bertz CT molecular complexity index is 995. The summed E-state index contributed by atoms with van der Waals surface area (Å²) in [6.45, 7) is 2.37. The Morgan fingerprint density at radius 3 is 1.79 bits per heavy atom. The summed E-state index contributed by atoms with van der Waals surface area (Å²) in [5, 5.41) is 21.5. The molecule has 3 atom stereocenters. The van der Waals surface area contributed by atoms with Crippen molar-refractivity contribution in [2.75, 3.05) is 19.8 Å². The summed E-state index contributed by atoms with van der Waals surface area (Å²) in [5.41, 5.74) is 0. The molecule has 0 fully saturated rings. The predicted molar refractivity (Wildman–Crippen MR) is 185 cm³/mol. The molecule has 4 N–H and O–H groups in total. The van der Waals surface area contributed by atoms with Gasteiger partial charge in [0.25, 0.3) is 0 Å². The Morgan fingerprint density at radius 2 is 1.19 bits per heavy atom. The number of phosphoric ester groups is 1. The van der Waals surface area contributed by atoms with Crippen LogP contribution in [0.4, 0.5) is 0 Å². The van der Waals surface area contributed by atoms with Gasteiger partial charge in [0.1, 0.15) is 12.7 Å². The number of amides is 1. The predicted octanol–water partition coefficient (Wildman–Crippen LogP) is 7.49. The first-order valence-corrected chi connectivity index (χ1v) is 18.7. The number of carbonyl (C=O) groups is 3. The van der Waals surface area contributed by atoms with Crippen LogP contribution in [0, 0.1) is 0 Å². The van der Waals surface area contributed by atoms with E-state index in [1.807, 2.05) is 12.2 Å². The summed E-state index contributed by atoms with van der Waals surface area (Å²) in [6.07, 6.45) is 30.6. The monoisotopic (exact) mass is 685 g/mol. The van der Waals surface area contributed by atoms with E-state index in [1.165, 1.54) is 19.3 Å². The molecule has 0 aromatic heterocycles. The number of aliphatic hydroxyl groups is 1. The number of nitrogens with one attached hydrogen (secondary N) is 1. The van der Waals surface area contributed by atoms with E-state index in [0.29, 0.717) is 19.3 Å². The van der Waals surface area contributed by atoms with Gasteiger partial charge in [-0.2, -0.15) is 0 Å². The summed E-state index contributed by atoms with van der Waals surface area (Å²) >= 11 is 0. The minimum atomic E-state index is -4.75. The van der Waals surface area contributed by atoms with Gasteiger partial charge >= 0.3 is 19.8 Å². The van der Waals surface area contributed by atoms with Gasteiger partial charge in [-0.3, -0.25) is 18.6 Å². The van der Waals surface area contributed by atoms with Crippen LogP contribution >= 0.6 is 7.82 Å². The summed E-state index contributed by atoms with van der Waals surface area (Å²) in [5.74, 6) is -2.46. The van der Waals surface area contributed by atoms with Crippen molar-refractivity contribution in [1.29, 1.82) is 0 Å². The SMILES string of the molecule is CCCCC/C=C\C/C=C\C/C=C\C/C=C\CCCC(=O)OCC(O)COP(=O)(O)OCC(NC(=O)CCCCCCCC)C(=O)O. The van der Waals surface area contributed by atoms with Gasteiger partial charge in [-0.15, -0.1) is 0 Å². The first-order valence-electron chi connectivity index (χ1n) is 17.2. The second-order valence-corrected chi connectivity index (χ2v) is 12.8. The maximum atomic E-state index is 12.1. The quantitative estimate of drug-likeness (QED) is 0.0248. The molecule has 0 saturated heterocycles. The van der Waals surface area contributed by atoms with Crippen LogP contribution in [0.15, 0.2) is 48.6 Å². The lowest BCUT2D eigenvalue weighted by Crippen LogP contribution is -2.43. The largest absolute Gasteiger partial charge is 0.480 e. The van der Waals surface area contributed by atoms with E-state index in [1.54, 1.807) is 0 Å². The van der Waals surface area contributed by atoms with Gasteiger partial charge in [0.2, 0.25) is 5.91 Å². The van der Waals surface area contributed by atoms with Gasteiger partial charge in [-0.25, -0.2) is 9.36 Å². The van der Waals surface area contributed by atoms with Crippen LogP contribution in [-0.4, -0.2) is 64.9 Å². The smallest absolute Gasteiger partial charge is 0.472 e. The molecule has 47 heavy (non-hydrogen) atoms. The van der Waals surface area contributed by atoms with Crippen molar-refractivity contribution < 1.29 is 47.8 Å². The highest BCUT2D eigenvalue weighted by Gasteiger charge is 2.28. The molecule has 0 rings (SSSR count). The highest BCUT2D eigenvalue weighted by Crippen LogP contribution is 2.43. The number of carbonyl (C=O) groups excluding carboxylic acids is 2. The van der Waals surface area contributed by atoms with Crippen LogP contribution in [0.1, 0.15) is 123 Å². The van der Waals surface area contributed by atoms with Crippen molar-refractivity contribution in [3.8, 4) is 0 Å². The van der Waals surface area contributed by atoms with Crippen LogP contribution in [-0.2, 0) is 32.7 Å². The maximum absolute atomic E-state index is 12.1. The average Bonchev–Trinajstić information content (AvgIpc) is 3.04. The number of esters is 1. The van der Waals surface area contributed by atoms with Crippen LogP contribution in [0.2, 0.25) is 0 Å². The normalized spacial score (nSPS) is 14.6. The number of aliphatic carboxylic acids is 1. The summed E-state index contributed by atoms with van der Waals surface area (Å²) < 4.78 is 26.5. The van der Waals surface area contributed by atoms with E-state index >= 15 is 0 Å². The molecule has 0 aliphatic rings. The zero-order chi connectivity index (χ0) is 35.0. The number of carboxylic acid groups (broad SMARTS) is 1. The van der Waals surface area contributed by atoms with E-state index in [9.17, 15) is 34.1 Å². The highest BCUT2D eigenvalue weighted by molar-refractivity contribution is 7.47. The Labute approximate surface area is 282 Å². The number of unbranched alkanes of at least 4 members (excludes halogenated alkanes) is 9. The Balaban J connectivity index is 4.04. The van der Waals surface area contributed by atoms with Crippen LogP contribution in [0.3, 0.4) is 0 Å². The third-order valence-corrected chi connectivity index (χ3v) is 7.82. The van der Waals surface area contributed by atoms with E-state index in [2.05, 4.69) is 60.1 Å². The molecule has 1 amide bonds. The van der Waals surface area contributed by atoms with Gasteiger partial charge < -0.3 is 25.2 Å². The van der Waals surface area contributed by atoms with Crippen LogP contribution in [0.5, 0.6) is 0 Å². The van der Waals surface area contributed by atoms with E-state index in [4.69, 9.17) is 9.26 Å². The number of ether oxygens (including phenoxy) is 1. The van der Waals surface area contributed by atoms with Crippen molar-refractivity contribution in [2.24, 2.45) is 0 Å². The van der Waals surface area contributed by atoms with Gasteiger partial charge in [-0.1, -0.05) is 107 Å². The third-order valence-electron chi connectivity index (χ3n) is 6.87. The Morgan fingerprint density at radius 1 is 0.681 bits per heavy atom. The van der Waals surface area contributed by atoms with E-state index in [0.717, 1.165) is 57.8 Å². The summed E-state index contributed by atoms with van der Waals surface area (Å²) in [7, 11) is -4.75. The number of hydrogen-bond acceptors (Lipinski definition) is 8. The van der Waals surface area contributed by atoms with Crippen LogP contribution in [0.25, 0.3) is 0 Å². The molecule has 0 spiro atoms. The molecule has 270 valence electrons. The van der Waals surface area contributed by atoms with E-state index in [-0.39, 0.29) is 12.8 Å². The standard InChI is InChI=1S/C35H60NO10P/c1-3-5-7-9-11-12-13-14-15-16-17-18-19-20-21-23-25-27-34(39)44-28-31(37)29-45-47(42,43)46-30-32(35(40)41)36-33(38)26-24-22-10-8-6-4-2/h11-12,14-15,17-18,20-21,31-32,37H,3-10,13,16,19,22-30H2,1-2H3,(H,36,38)(H,40,41)(H,42,43)/b12-11-,15-14-,18-17-,21-20-. The molecule has 0 aromatic rings. The topological polar surface area (TPSA) is 169 Å². The fourth-order valence-corrected chi connectivity index (χ4v) is 4.90. The lowest BCUT2D eigenvalue weighted by molar-refractivity contribution is -0.147. The van der Waals surface area contributed by atoms with Gasteiger partial charge in [0.15, 0.2) is 6.04 Å². The van der Waals surface area contributed by atoms with Crippen molar-refractivity contribution in [2.45, 2.75) is 135 Å². The number of allylic oxidation sites excluding steroid dienone is 8.